The van der Waals surface area contributed by atoms with Gasteiger partial charge in [-0.05, 0) is 44.0 Å². The van der Waals surface area contributed by atoms with E-state index < -0.39 is 0 Å². The Kier molecular flexibility index (Phi) is 4.61. The van der Waals surface area contributed by atoms with Gasteiger partial charge in [-0.1, -0.05) is 41.6 Å². The van der Waals surface area contributed by atoms with Gasteiger partial charge in [-0.3, -0.25) is 0 Å². The first kappa shape index (κ1) is 14.1. The molecule has 2 aromatic rings. The molecular formula is C16H18FNS. The molecule has 0 saturated carbocycles. The number of halogens is 1. The Morgan fingerprint density at radius 1 is 1.16 bits per heavy atom. The lowest BCUT2D eigenvalue weighted by molar-refractivity contribution is 0.593. The Labute approximate surface area is 118 Å². The summed E-state index contributed by atoms with van der Waals surface area (Å²) in [6, 6.07) is 13.3. The summed E-state index contributed by atoms with van der Waals surface area (Å²) in [6.45, 7) is 3.98. The van der Waals surface area contributed by atoms with Gasteiger partial charge in [0.2, 0.25) is 0 Å². The Balaban J connectivity index is 2.30. The van der Waals surface area contributed by atoms with Crippen LogP contribution < -0.4 is 5.73 Å². The van der Waals surface area contributed by atoms with Crippen molar-refractivity contribution >= 4 is 11.8 Å². The summed E-state index contributed by atoms with van der Waals surface area (Å²) >= 11 is 1.46. The zero-order valence-electron chi connectivity index (χ0n) is 11.2. The maximum Gasteiger partial charge on any atom is 0.137 e. The summed E-state index contributed by atoms with van der Waals surface area (Å²) in [5.74, 6) is -0.177. The van der Waals surface area contributed by atoms with Crippen molar-refractivity contribution in [3.8, 4) is 0 Å². The van der Waals surface area contributed by atoms with Gasteiger partial charge in [-0.25, -0.2) is 4.39 Å². The fraction of sp³-hybridized carbons (Fsp3) is 0.250. The van der Waals surface area contributed by atoms with Crippen molar-refractivity contribution in [1.82, 2.24) is 0 Å². The van der Waals surface area contributed by atoms with E-state index >= 15 is 0 Å². The van der Waals surface area contributed by atoms with E-state index in [9.17, 15) is 4.39 Å². The van der Waals surface area contributed by atoms with Crippen LogP contribution in [0.1, 0.15) is 18.1 Å². The first-order valence-corrected chi connectivity index (χ1v) is 7.15. The van der Waals surface area contributed by atoms with Gasteiger partial charge in [-0.15, -0.1) is 0 Å². The number of aryl methyl sites for hydroxylation is 1. The van der Waals surface area contributed by atoms with Crippen LogP contribution in [0.3, 0.4) is 0 Å². The summed E-state index contributed by atoms with van der Waals surface area (Å²) in [5.41, 5.74) is 8.00. The van der Waals surface area contributed by atoms with E-state index in [1.54, 1.807) is 6.07 Å². The van der Waals surface area contributed by atoms with E-state index in [1.807, 2.05) is 44.2 Å². The van der Waals surface area contributed by atoms with Crippen LogP contribution in [0.15, 0.2) is 52.3 Å². The Morgan fingerprint density at radius 3 is 2.47 bits per heavy atom. The molecule has 19 heavy (non-hydrogen) atoms. The molecule has 0 aromatic heterocycles. The second-order valence-corrected chi connectivity index (χ2v) is 5.91. The topological polar surface area (TPSA) is 26.0 Å². The lowest BCUT2D eigenvalue weighted by atomic mass is 10.1. The summed E-state index contributed by atoms with van der Waals surface area (Å²) in [5, 5.41) is 0. The molecular weight excluding hydrogens is 257 g/mol. The smallest absolute Gasteiger partial charge is 0.137 e. The Morgan fingerprint density at radius 2 is 1.84 bits per heavy atom. The van der Waals surface area contributed by atoms with Gasteiger partial charge in [0, 0.05) is 10.9 Å². The van der Waals surface area contributed by atoms with Gasteiger partial charge in [0.1, 0.15) is 5.82 Å². The highest BCUT2D eigenvalue weighted by atomic mass is 32.2. The molecule has 0 spiro atoms. The summed E-state index contributed by atoms with van der Waals surface area (Å²) in [4.78, 5) is 1.73. The van der Waals surface area contributed by atoms with Crippen LogP contribution >= 0.6 is 11.8 Å². The molecule has 0 saturated heterocycles. The standard InChI is InChI=1S/C16H18FNS/c1-11-6-8-14(9-7-11)19-16-13(10-12(2)18)4-3-5-15(16)17/h3-9,12H,10,18H2,1-2H3. The first-order valence-electron chi connectivity index (χ1n) is 6.34. The van der Waals surface area contributed by atoms with Crippen molar-refractivity contribution in [1.29, 1.82) is 0 Å². The minimum atomic E-state index is -0.177. The van der Waals surface area contributed by atoms with Crippen molar-refractivity contribution in [2.45, 2.75) is 36.1 Å². The van der Waals surface area contributed by atoms with Crippen LogP contribution in [0, 0.1) is 12.7 Å². The van der Waals surface area contributed by atoms with Crippen molar-refractivity contribution < 1.29 is 4.39 Å². The van der Waals surface area contributed by atoms with Crippen molar-refractivity contribution in [2.24, 2.45) is 5.73 Å². The Bertz CT molecular complexity index is 549. The highest BCUT2D eigenvalue weighted by molar-refractivity contribution is 7.99. The van der Waals surface area contributed by atoms with Crippen LogP contribution in [0.4, 0.5) is 4.39 Å². The molecule has 2 rings (SSSR count). The number of hydrogen-bond acceptors (Lipinski definition) is 2. The lowest BCUT2D eigenvalue weighted by Crippen LogP contribution is -2.18. The highest BCUT2D eigenvalue weighted by Crippen LogP contribution is 2.33. The molecule has 2 aromatic carbocycles. The average Bonchev–Trinajstić information content (AvgIpc) is 2.35. The zero-order chi connectivity index (χ0) is 13.8. The maximum atomic E-state index is 14.0. The number of nitrogens with two attached hydrogens (primary N) is 1. The molecule has 1 unspecified atom stereocenters. The minimum absolute atomic E-state index is 0.0270. The average molecular weight is 275 g/mol. The van der Waals surface area contributed by atoms with Gasteiger partial charge in [0.25, 0.3) is 0 Å². The molecule has 3 heteroatoms. The SMILES string of the molecule is Cc1ccc(Sc2c(F)cccc2CC(C)N)cc1. The van der Waals surface area contributed by atoms with E-state index in [0.29, 0.717) is 11.3 Å². The quantitative estimate of drug-likeness (QED) is 0.906. The van der Waals surface area contributed by atoms with Gasteiger partial charge >= 0.3 is 0 Å². The summed E-state index contributed by atoms with van der Waals surface area (Å²) in [6.07, 6.45) is 0.686. The van der Waals surface area contributed by atoms with Gasteiger partial charge < -0.3 is 5.73 Å². The third-order valence-electron chi connectivity index (χ3n) is 2.83. The van der Waals surface area contributed by atoms with Gasteiger partial charge in [-0.2, -0.15) is 0 Å². The van der Waals surface area contributed by atoms with Crippen molar-refractivity contribution in [2.75, 3.05) is 0 Å². The van der Waals surface area contributed by atoms with Crippen LogP contribution in [0.25, 0.3) is 0 Å². The fourth-order valence-electron chi connectivity index (χ4n) is 1.90. The first-order chi connectivity index (χ1) is 9.06. The van der Waals surface area contributed by atoms with E-state index in [4.69, 9.17) is 5.73 Å². The molecule has 2 N–H and O–H groups in total. The van der Waals surface area contributed by atoms with Crippen LogP contribution in [0.5, 0.6) is 0 Å². The van der Waals surface area contributed by atoms with E-state index in [1.165, 1.54) is 23.4 Å². The molecule has 100 valence electrons. The van der Waals surface area contributed by atoms with E-state index in [2.05, 4.69) is 0 Å². The molecule has 1 nitrogen and oxygen atoms in total. The van der Waals surface area contributed by atoms with Gasteiger partial charge in [0.15, 0.2) is 0 Å². The summed E-state index contributed by atoms with van der Waals surface area (Å²) < 4.78 is 14.0. The molecule has 0 aliphatic heterocycles. The molecule has 0 radical (unpaired) electrons. The molecule has 0 amide bonds. The van der Waals surface area contributed by atoms with Crippen LogP contribution in [-0.4, -0.2) is 6.04 Å². The molecule has 0 aliphatic carbocycles. The molecule has 0 fully saturated rings. The fourth-order valence-corrected chi connectivity index (χ4v) is 2.86. The third kappa shape index (κ3) is 3.82. The van der Waals surface area contributed by atoms with E-state index in [0.717, 1.165) is 10.5 Å². The van der Waals surface area contributed by atoms with Crippen molar-refractivity contribution in [3.63, 3.8) is 0 Å². The molecule has 1 atom stereocenters. The predicted molar refractivity (Wildman–Crippen MR) is 79.1 cm³/mol. The lowest BCUT2D eigenvalue weighted by Gasteiger charge is -2.12. The summed E-state index contributed by atoms with van der Waals surface area (Å²) in [7, 11) is 0. The second kappa shape index (κ2) is 6.22. The molecule has 0 aliphatic rings. The van der Waals surface area contributed by atoms with Crippen LogP contribution in [0.2, 0.25) is 0 Å². The van der Waals surface area contributed by atoms with Crippen molar-refractivity contribution in [3.05, 3.63) is 59.4 Å². The largest absolute Gasteiger partial charge is 0.328 e. The maximum absolute atomic E-state index is 14.0. The second-order valence-electron chi connectivity index (χ2n) is 4.82. The number of rotatable bonds is 4. The molecule has 0 heterocycles. The van der Waals surface area contributed by atoms with E-state index in [-0.39, 0.29) is 11.9 Å². The Hall–Kier alpha value is -1.32. The zero-order valence-corrected chi connectivity index (χ0v) is 12.0. The normalized spacial score (nSPS) is 12.4. The van der Waals surface area contributed by atoms with Crippen LogP contribution in [-0.2, 0) is 6.42 Å². The number of benzene rings is 2. The minimum Gasteiger partial charge on any atom is -0.328 e. The predicted octanol–water partition coefficient (Wildman–Crippen LogP) is 4.18. The highest BCUT2D eigenvalue weighted by Gasteiger charge is 2.11. The van der Waals surface area contributed by atoms with Gasteiger partial charge in [0.05, 0.1) is 4.90 Å². The third-order valence-corrected chi connectivity index (χ3v) is 4.00. The molecule has 0 bridgehead atoms. The number of hydrogen-bond donors (Lipinski definition) is 1. The monoisotopic (exact) mass is 275 g/mol.